The van der Waals surface area contributed by atoms with Crippen molar-refractivity contribution >= 4 is 17.6 Å². The fourth-order valence-corrected chi connectivity index (χ4v) is 0.783. The molecule has 13 heavy (non-hydrogen) atoms. The summed E-state index contributed by atoms with van der Waals surface area (Å²) in [6, 6.07) is 2.02. The molecule has 1 rings (SSSR count). The maximum Gasteiger partial charge on any atom is 0.384 e. The summed E-state index contributed by atoms with van der Waals surface area (Å²) < 4.78 is 25.4. The Labute approximate surface area is 77.0 Å². The normalized spacial score (nSPS) is 11.3. The minimum Gasteiger partial charge on any atom is -0.476 e. The van der Waals surface area contributed by atoms with Crippen molar-refractivity contribution in [3.05, 3.63) is 29.0 Å². The van der Waals surface area contributed by atoms with E-state index < -0.39 is 17.6 Å². The van der Waals surface area contributed by atoms with Crippen molar-refractivity contribution in [2.24, 2.45) is 0 Å². The third kappa shape index (κ3) is 1.92. The van der Waals surface area contributed by atoms with Crippen molar-refractivity contribution in [3.8, 4) is 0 Å². The molecule has 0 saturated carbocycles. The lowest BCUT2D eigenvalue weighted by atomic mass is 10.2. The Balaban J connectivity index is 3.08. The molecule has 1 aromatic heterocycles. The van der Waals surface area contributed by atoms with Gasteiger partial charge in [-0.25, -0.2) is 4.79 Å². The number of hydrogen-bond donors (Lipinski definition) is 1. The summed E-state index contributed by atoms with van der Waals surface area (Å²) in [7, 11) is 0. The van der Waals surface area contributed by atoms with Crippen molar-refractivity contribution in [2.75, 3.05) is 0 Å². The first-order valence-electron chi connectivity index (χ1n) is 3.18. The molecule has 3 nitrogen and oxygen atoms in total. The van der Waals surface area contributed by atoms with Crippen LogP contribution in [-0.2, 0) is 10.7 Å². The molecule has 0 spiro atoms. The van der Waals surface area contributed by atoms with Crippen LogP contribution in [0.4, 0.5) is 8.78 Å². The number of aliphatic carboxylic acids is 1. The second-order valence-electron chi connectivity index (χ2n) is 2.24. The first-order valence-corrected chi connectivity index (χ1v) is 3.55. The van der Waals surface area contributed by atoms with Gasteiger partial charge in [0.15, 0.2) is 0 Å². The third-order valence-corrected chi connectivity index (χ3v) is 1.54. The molecule has 1 N–H and O–H groups in total. The summed E-state index contributed by atoms with van der Waals surface area (Å²) in [6.45, 7) is 0. The largest absolute Gasteiger partial charge is 0.476 e. The van der Waals surface area contributed by atoms with Crippen LogP contribution in [-0.4, -0.2) is 16.1 Å². The number of alkyl halides is 2. The summed E-state index contributed by atoms with van der Waals surface area (Å²) in [5.41, 5.74) is -0.829. The van der Waals surface area contributed by atoms with E-state index in [1.165, 1.54) is 0 Å². The van der Waals surface area contributed by atoms with Gasteiger partial charge in [-0.1, -0.05) is 11.6 Å². The lowest BCUT2D eigenvalue weighted by molar-refractivity contribution is -0.166. The van der Waals surface area contributed by atoms with Gasteiger partial charge in [0, 0.05) is 6.20 Å². The molecule has 6 heteroatoms. The molecular formula is C7H4ClF2NO2. The molecule has 1 aromatic rings. The van der Waals surface area contributed by atoms with Crippen molar-refractivity contribution in [1.29, 1.82) is 0 Å². The average molecular weight is 208 g/mol. The number of carboxylic acid groups (broad SMARTS) is 1. The Morgan fingerprint density at radius 3 is 2.54 bits per heavy atom. The molecule has 0 aromatic carbocycles. The van der Waals surface area contributed by atoms with Crippen molar-refractivity contribution in [1.82, 2.24) is 4.98 Å². The van der Waals surface area contributed by atoms with Gasteiger partial charge in [-0.05, 0) is 12.1 Å². The number of carbonyl (C=O) groups is 1. The van der Waals surface area contributed by atoms with Gasteiger partial charge in [0.2, 0.25) is 0 Å². The molecule has 0 fully saturated rings. The molecule has 70 valence electrons. The van der Waals surface area contributed by atoms with E-state index in [0.717, 1.165) is 18.3 Å². The summed E-state index contributed by atoms with van der Waals surface area (Å²) in [5, 5.41) is 8.31. The maximum absolute atomic E-state index is 12.7. The highest BCUT2D eigenvalue weighted by Gasteiger charge is 2.42. The molecular weight excluding hydrogens is 204 g/mol. The van der Waals surface area contributed by atoms with E-state index >= 15 is 0 Å². The summed E-state index contributed by atoms with van der Waals surface area (Å²) in [5.74, 6) is -6.20. The minimum atomic E-state index is -3.97. The molecule has 0 atom stereocenters. The van der Waals surface area contributed by atoms with Crippen LogP contribution >= 0.6 is 11.6 Å². The van der Waals surface area contributed by atoms with E-state index in [-0.39, 0.29) is 5.02 Å². The van der Waals surface area contributed by atoms with Crippen LogP contribution in [0.5, 0.6) is 0 Å². The predicted octanol–water partition coefficient (Wildman–Crippen LogP) is 1.91. The average Bonchev–Trinajstić information content (AvgIpc) is 2.04. The molecule has 0 aliphatic carbocycles. The van der Waals surface area contributed by atoms with Gasteiger partial charge in [-0.15, -0.1) is 0 Å². The molecule has 1 heterocycles. The fraction of sp³-hybridized carbons (Fsp3) is 0.143. The smallest absolute Gasteiger partial charge is 0.384 e. The Morgan fingerprint density at radius 1 is 1.54 bits per heavy atom. The number of pyridine rings is 1. The fourth-order valence-electron chi connectivity index (χ4n) is 0.671. The summed E-state index contributed by atoms with van der Waals surface area (Å²) in [6.07, 6.45) is 0.966. The molecule has 0 unspecified atom stereocenters. The lowest BCUT2D eigenvalue weighted by Crippen LogP contribution is -2.26. The van der Waals surface area contributed by atoms with Crippen LogP contribution < -0.4 is 0 Å². The van der Waals surface area contributed by atoms with Crippen LogP contribution in [0, 0.1) is 0 Å². The van der Waals surface area contributed by atoms with E-state index in [9.17, 15) is 13.6 Å². The van der Waals surface area contributed by atoms with E-state index in [2.05, 4.69) is 4.98 Å². The van der Waals surface area contributed by atoms with Gasteiger partial charge < -0.3 is 5.11 Å². The predicted molar refractivity (Wildman–Crippen MR) is 40.8 cm³/mol. The molecule has 0 bridgehead atoms. The van der Waals surface area contributed by atoms with Crippen LogP contribution in [0.15, 0.2) is 18.3 Å². The number of halogens is 3. The molecule has 0 aliphatic heterocycles. The highest BCUT2D eigenvalue weighted by Crippen LogP contribution is 2.26. The highest BCUT2D eigenvalue weighted by molar-refractivity contribution is 6.30. The van der Waals surface area contributed by atoms with Crippen molar-refractivity contribution in [3.63, 3.8) is 0 Å². The number of rotatable bonds is 2. The zero-order chi connectivity index (χ0) is 10.1. The molecule has 0 saturated heterocycles. The SMILES string of the molecule is O=C(O)C(F)(F)c1ccc(Cl)cn1. The summed E-state index contributed by atoms with van der Waals surface area (Å²) in [4.78, 5) is 13.3. The molecule has 0 amide bonds. The van der Waals surface area contributed by atoms with Gasteiger partial charge in [-0.2, -0.15) is 8.78 Å². The Kier molecular flexibility index (Phi) is 2.47. The third-order valence-electron chi connectivity index (χ3n) is 1.32. The van der Waals surface area contributed by atoms with E-state index in [4.69, 9.17) is 16.7 Å². The number of nitrogens with zero attached hydrogens (tertiary/aromatic N) is 1. The zero-order valence-corrected chi connectivity index (χ0v) is 6.92. The number of carboxylic acids is 1. The lowest BCUT2D eigenvalue weighted by Gasteiger charge is -2.09. The number of aromatic nitrogens is 1. The van der Waals surface area contributed by atoms with Gasteiger partial charge in [0.25, 0.3) is 0 Å². The van der Waals surface area contributed by atoms with E-state index in [0.29, 0.717) is 0 Å². The van der Waals surface area contributed by atoms with Crippen LogP contribution in [0.2, 0.25) is 5.02 Å². The van der Waals surface area contributed by atoms with Gasteiger partial charge in [-0.3, -0.25) is 4.98 Å². The Hall–Kier alpha value is -1.23. The van der Waals surface area contributed by atoms with Gasteiger partial charge in [0.1, 0.15) is 5.69 Å². The second kappa shape index (κ2) is 3.26. The molecule has 0 aliphatic rings. The van der Waals surface area contributed by atoms with Crippen molar-refractivity contribution in [2.45, 2.75) is 5.92 Å². The van der Waals surface area contributed by atoms with Crippen LogP contribution in [0.1, 0.15) is 5.69 Å². The first kappa shape index (κ1) is 9.85. The monoisotopic (exact) mass is 207 g/mol. The topological polar surface area (TPSA) is 50.2 Å². The zero-order valence-electron chi connectivity index (χ0n) is 6.17. The van der Waals surface area contributed by atoms with Crippen molar-refractivity contribution < 1.29 is 18.7 Å². The standard InChI is InChI=1S/C7H4ClF2NO2/c8-4-1-2-5(11-3-4)7(9,10)6(12)13/h1-3H,(H,12,13). The highest BCUT2D eigenvalue weighted by atomic mass is 35.5. The van der Waals surface area contributed by atoms with E-state index in [1.807, 2.05) is 0 Å². The van der Waals surface area contributed by atoms with E-state index in [1.54, 1.807) is 0 Å². The Bertz CT molecular complexity index is 326. The maximum atomic E-state index is 12.7. The Morgan fingerprint density at radius 2 is 2.15 bits per heavy atom. The quantitative estimate of drug-likeness (QED) is 0.806. The van der Waals surface area contributed by atoms with Gasteiger partial charge >= 0.3 is 11.9 Å². The minimum absolute atomic E-state index is 0.171. The second-order valence-corrected chi connectivity index (χ2v) is 2.68. The summed E-state index contributed by atoms with van der Waals surface area (Å²) >= 11 is 5.39. The van der Waals surface area contributed by atoms with Crippen LogP contribution in [0.3, 0.4) is 0 Å². The number of hydrogen-bond acceptors (Lipinski definition) is 2. The van der Waals surface area contributed by atoms with Gasteiger partial charge in [0.05, 0.1) is 5.02 Å². The van der Waals surface area contributed by atoms with Crippen LogP contribution in [0.25, 0.3) is 0 Å². The first-order chi connectivity index (χ1) is 5.94. The molecule has 0 radical (unpaired) electrons.